The number of aromatic amines is 1. The average molecular weight is 343 g/mol. The Morgan fingerprint density at radius 3 is 2.73 bits per heavy atom. The van der Waals surface area contributed by atoms with E-state index in [9.17, 15) is 10.1 Å². The van der Waals surface area contributed by atoms with Crippen molar-refractivity contribution in [3.8, 4) is 23.1 Å². The molecule has 1 aromatic carbocycles. The Labute approximate surface area is 147 Å². The summed E-state index contributed by atoms with van der Waals surface area (Å²) in [5.41, 5.74) is 2.27. The van der Waals surface area contributed by atoms with Crippen molar-refractivity contribution in [2.24, 2.45) is 0 Å². The fraction of sp³-hybridized carbons (Fsp3) is 0.105. The molecule has 0 radical (unpaired) electrons. The minimum atomic E-state index is -0.344. The number of H-pyrrole nitrogens is 1. The molecule has 7 nitrogen and oxygen atoms in total. The van der Waals surface area contributed by atoms with Gasteiger partial charge < -0.3 is 4.74 Å². The fourth-order valence-corrected chi connectivity index (χ4v) is 2.92. The lowest BCUT2D eigenvalue weighted by Crippen LogP contribution is -2.09. The smallest absolute Gasteiger partial charge is 0.273 e. The van der Waals surface area contributed by atoms with Gasteiger partial charge in [-0.1, -0.05) is 30.3 Å². The zero-order valence-corrected chi connectivity index (χ0v) is 13.9. The summed E-state index contributed by atoms with van der Waals surface area (Å²) in [6.45, 7) is 2.20. The lowest BCUT2D eigenvalue weighted by molar-refractivity contribution is 0.327. The second-order valence-electron chi connectivity index (χ2n) is 5.57. The van der Waals surface area contributed by atoms with E-state index in [2.05, 4.69) is 26.2 Å². The van der Waals surface area contributed by atoms with Gasteiger partial charge in [0.25, 0.3) is 5.56 Å². The summed E-state index contributed by atoms with van der Waals surface area (Å²) in [4.78, 5) is 21.0. The number of pyridine rings is 2. The number of benzene rings is 1. The first-order valence-corrected chi connectivity index (χ1v) is 8.03. The Kier molecular flexibility index (Phi) is 3.78. The van der Waals surface area contributed by atoms with Gasteiger partial charge in [0.05, 0.1) is 23.7 Å². The molecule has 0 saturated carbocycles. The molecule has 26 heavy (non-hydrogen) atoms. The van der Waals surface area contributed by atoms with Crippen molar-refractivity contribution in [1.29, 1.82) is 5.26 Å². The molecule has 0 fully saturated rings. The fourth-order valence-electron chi connectivity index (χ4n) is 2.92. The first kappa shape index (κ1) is 15.7. The second kappa shape index (κ2) is 6.26. The molecule has 0 unspecified atom stereocenters. The number of aromatic nitrogens is 4. The third kappa shape index (κ3) is 2.45. The van der Waals surface area contributed by atoms with Gasteiger partial charge in [0, 0.05) is 10.9 Å². The van der Waals surface area contributed by atoms with E-state index in [0.29, 0.717) is 39.7 Å². The lowest BCUT2D eigenvalue weighted by Gasteiger charge is -2.13. The average Bonchev–Trinajstić information content (AvgIpc) is 2.67. The number of hydrogen-bond donors (Lipinski definition) is 1. The predicted octanol–water partition coefficient (Wildman–Crippen LogP) is 2.80. The summed E-state index contributed by atoms with van der Waals surface area (Å²) in [5.74, 6) is 0.228. The van der Waals surface area contributed by atoms with E-state index in [1.54, 1.807) is 6.07 Å². The second-order valence-corrected chi connectivity index (χ2v) is 5.57. The number of ether oxygens (including phenoxy) is 1. The van der Waals surface area contributed by atoms with Crippen LogP contribution in [-0.2, 0) is 0 Å². The van der Waals surface area contributed by atoms with Crippen LogP contribution in [0, 0.1) is 11.3 Å². The van der Waals surface area contributed by atoms with E-state index in [4.69, 9.17) is 4.74 Å². The van der Waals surface area contributed by atoms with Crippen LogP contribution in [0.25, 0.3) is 33.1 Å². The molecule has 0 aliphatic heterocycles. The lowest BCUT2D eigenvalue weighted by atomic mass is 9.97. The quantitative estimate of drug-likeness (QED) is 0.574. The summed E-state index contributed by atoms with van der Waals surface area (Å²) >= 11 is 0. The zero-order valence-electron chi connectivity index (χ0n) is 13.9. The number of hydrogen-bond acceptors (Lipinski definition) is 6. The van der Waals surface area contributed by atoms with Gasteiger partial charge in [-0.25, -0.2) is 10.1 Å². The third-order valence-electron chi connectivity index (χ3n) is 4.03. The first-order valence-electron chi connectivity index (χ1n) is 8.03. The van der Waals surface area contributed by atoms with Gasteiger partial charge in [0.15, 0.2) is 5.65 Å². The highest BCUT2D eigenvalue weighted by molar-refractivity contribution is 6.01. The molecule has 0 aliphatic carbocycles. The molecule has 0 saturated heterocycles. The van der Waals surface area contributed by atoms with Crippen LogP contribution in [0.4, 0.5) is 0 Å². The van der Waals surface area contributed by atoms with E-state index in [1.807, 2.05) is 37.3 Å². The highest BCUT2D eigenvalue weighted by atomic mass is 16.5. The van der Waals surface area contributed by atoms with Crippen LogP contribution in [0.1, 0.15) is 12.5 Å². The van der Waals surface area contributed by atoms with Crippen molar-refractivity contribution in [2.75, 3.05) is 6.61 Å². The monoisotopic (exact) mass is 343 g/mol. The maximum absolute atomic E-state index is 12.1. The van der Waals surface area contributed by atoms with E-state index < -0.39 is 0 Å². The topological polar surface area (TPSA) is 105 Å². The van der Waals surface area contributed by atoms with E-state index >= 15 is 0 Å². The molecule has 126 valence electrons. The van der Waals surface area contributed by atoms with Gasteiger partial charge in [-0.2, -0.15) is 15.3 Å². The summed E-state index contributed by atoms with van der Waals surface area (Å²) < 4.78 is 5.58. The SMILES string of the molecule is CCOc1nc2nc3cn[nH]c(=O)c3cc2c(-c2ccccc2)c1C#N. The molecular weight excluding hydrogens is 330 g/mol. The predicted molar refractivity (Wildman–Crippen MR) is 96.8 cm³/mol. The molecule has 4 aromatic rings. The minimum absolute atomic E-state index is 0.228. The summed E-state index contributed by atoms with van der Waals surface area (Å²) in [5, 5.41) is 16.9. The number of fused-ring (bicyclic) bond motifs is 2. The van der Waals surface area contributed by atoms with Crippen molar-refractivity contribution in [1.82, 2.24) is 20.2 Å². The van der Waals surface area contributed by atoms with Crippen molar-refractivity contribution in [3.05, 3.63) is 58.5 Å². The summed E-state index contributed by atoms with van der Waals surface area (Å²) in [6, 6.07) is 13.3. The molecule has 0 aliphatic rings. The van der Waals surface area contributed by atoms with Crippen LogP contribution in [-0.4, -0.2) is 26.8 Å². The van der Waals surface area contributed by atoms with Crippen molar-refractivity contribution < 1.29 is 4.74 Å². The Balaban J connectivity index is 2.21. The minimum Gasteiger partial charge on any atom is -0.477 e. The zero-order chi connectivity index (χ0) is 18.1. The molecule has 4 rings (SSSR count). The van der Waals surface area contributed by atoms with Gasteiger partial charge in [-0.05, 0) is 18.6 Å². The highest BCUT2D eigenvalue weighted by Gasteiger charge is 2.19. The van der Waals surface area contributed by atoms with Crippen LogP contribution in [0.15, 0.2) is 47.4 Å². The number of nitrogens with zero attached hydrogens (tertiary/aromatic N) is 4. The van der Waals surface area contributed by atoms with Crippen LogP contribution in [0.2, 0.25) is 0 Å². The molecule has 0 amide bonds. The Bertz CT molecular complexity index is 1230. The Hall–Kier alpha value is -3.79. The molecule has 0 bridgehead atoms. The maximum Gasteiger partial charge on any atom is 0.273 e. The van der Waals surface area contributed by atoms with Crippen molar-refractivity contribution >= 4 is 21.9 Å². The number of nitrogens with one attached hydrogen (secondary N) is 1. The van der Waals surface area contributed by atoms with Crippen molar-refractivity contribution in [3.63, 3.8) is 0 Å². The van der Waals surface area contributed by atoms with E-state index in [-0.39, 0.29) is 11.4 Å². The molecule has 0 atom stereocenters. The van der Waals surface area contributed by atoms with Crippen molar-refractivity contribution in [2.45, 2.75) is 6.92 Å². The largest absolute Gasteiger partial charge is 0.477 e. The van der Waals surface area contributed by atoms with Gasteiger partial charge in [0.2, 0.25) is 5.88 Å². The van der Waals surface area contributed by atoms with Crippen LogP contribution >= 0.6 is 0 Å². The number of rotatable bonds is 3. The number of nitriles is 1. The molecular formula is C19H13N5O2. The summed E-state index contributed by atoms with van der Waals surface area (Å²) in [6.07, 6.45) is 1.47. The van der Waals surface area contributed by atoms with Crippen LogP contribution in [0.5, 0.6) is 5.88 Å². The van der Waals surface area contributed by atoms with Gasteiger partial charge in [-0.3, -0.25) is 4.79 Å². The third-order valence-corrected chi connectivity index (χ3v) is 4.03. The molecule has 3 aromatic heterocycles. The Morgan fingerprint density at radius 1 is 1.19 bits per heavy atom. The highest BCUT2D eigenvalue weighted by Crippen LogP contribution is 2.35. The summed E-state index contributed by atoms with van der Waals surface area (Å²) in [7, 11) is 0. The van der Waals surface area contributed by atoms with E-state index in [0.717, 1.165) is 5.56 Å². The normalized spacial score (nSPS) is 10.8. The molecule has 1 N–H and O–H groups in total. The van der Waals surface area contributed by atoms with Crippen LogP contribution < -0.4 is 10.3 Å². The maximum atomic E-state index is 12.1. The molecule has 7 heteroatoms. The molecule has 0 spiro atoms. The Morgan fingerprint density at radius 2 is 2.00 bits per heavy atom. The first-order chi connectivity index (χ1) is 12.7. The van der Waals surface area contributed by atoms with Gasteiger partial charge in [0.1, 0.15) is 11.6 Å². The standard InChI is InChI=1S/C19H13N5O2/c1-2-26-19-14(9-20)16(11-6-4-3-5-7-11)13-8-12-15(22-17(13)23-19)10-21-24-18(12)25/h3-8,10H,2H2,1H3,(H,24,25). The van der Waals surface area contributed by atoms with Gasteiger partial charge >= 0.3 is 0 Å². The van der Waals surface area contributed by atoms with Gasteiger partial charge in [-0.15, -0.1) is 0 Å². The molecule has 3 heterocycles. The van der Waals surface area contributed by atoms with E-state index in [1.165, 1.54) is 6.20 Å². The van der Waals surface area contributed by atoms with Crippen LogP contribution in [0.3, 0.4) is 0 Å².